The minimum absolute atomic E-state index is 0.0141. The van der Waals surface area contributed by atoms with E-state index in [2.05, 4.69) is 10.3 Å². The van der Waals surface area contributed by atoms with Gasteiger partial charge in [0.15, 0.2) is 11.5 Å². The smallest absolute Gasteiger partial charge is 0.325 e. The number of hydrogen-bond acceptors (Lipinski definition) is 6. The van der Waals surface area contributed by atoms with Crippen molar-refractivity contribution in [2.75, 3.05) is 6.79 Å². The number of oxazole rings is 1. The predicted octanol–water partition coefficient (Wildman–Crippen LogP) is 3.35. The monoisotopic (exact) mass is 405 g/mol. The molecule has 0 radical (unpaired) electrons. The summed E-state index contributed by atoms with van der Waals surface area (Å²) in [6.45, 7) is 3.82. The lowest BCUT2D eigenvalue weighted by Crippen LogP contribution is -2.40. The summed E-state index contributed by atoms with van der Waals surface area (Å²) in [5.74, 6) is 1.23. The van der Waals surface area contributed by atoms with Gasteiger partial charge in [0.05, 0.1) is 12.2 Å². The number of hydrogen-bond donors (Lipinski definition) is 1. The quantitative estimate of drug-likeness (QED) is 0.669. The van der Waals surface area contributed by atoms with E-state index in [1.54, 1.807) is 25.1 Å². The molecule has 3 amide bonds. The Morgan fingerprint density at radius 1 is 1.10 bits per heavy atom. The fraction of sp³-hybridized carbons (Fsp3) is 0.227. The molecule has 1 saturated heterocycles. The van der Waals surface area contributed by atoms with Gasteiger partial charge in [-0.15, -0.1) is 0 Å². The highest BCUT2D eigenvalue weighted by atomic mass is 16.7. The summed E-state index contributed by atoms with van der Waals surface area (Å²) in [5.41, 5.74) is 1.86. The van der Waals surface area contributed by atoms with Crippen LogP contribution >= 0.6 is 0 Å². The van der Waals surface area contributed by atoms with Crippen LogP contribution in [0.4, 0.5) is 4.79 Å². The number of benzene rings is 2. The summed E-state index contributed by atoms with van der Waals surface area (Å²) in [5, 5.41) is 2.79. The number of ether oxygens (including phenoxy) is 2. The molecule has 0 aliphatic carbocycles. The molecule has 1 N–H and O–H groups in total. The van der Waals surface area contributed by atoms with E-state index < -0.39 is 11.6 Å². The van der Waals surface area contributed by atoms with E-state index >= 15 is 0 Å². The minimum Gasteiger partial charge on any atom is -0.454 e. The fourth-order valence-electron chi connectivity index (χ4n) is 3.61. The van der Waals surface area contributed by atoms with Gasteiger partial charge in [0.2, 0.25) is 12.7 Å². The van der Waals surface area contributed by atoms with Crippen molar-refractivity contribution in [3.63, 3.8) is 0 Å². The Hall–Kier alpha value is -3.81. The summed E-state index contributed by atoms with van der Waals surface area (Å²) < 4.78 is 16.3. The Balaban J connectivity index is 1.38. The first kappa shape index (κ1) is 18.2. The molecule has 2 aromatic carbocycles. The van der Waals surface area contributed by atoms with Gasteiger partial charge < -0.3 is 19.2 Å². The largest absolute Gasteiger partial charge is 0.454 e. The van der Waals surface area contributed by atoms with E-state index in [1.165, 1.54) is 6.26 Å². The number of amides is 3. The lowest BCUT2D eigenvalue weighted by Gasteiger charge is -2.22. The van der Waals surface area contributed by atoms with Gasteiger partial charge in [-0.05, 0) is 43.7 Å². The molecule has 0 spiro atoms. The zero-order chi connectivity index (χ0) is 20.9. The van der Waals surface area contributed by atoms with Gasteiger partial charge in [0.25, 0.3) is 5.91 Å². The van der Waals surface area contributed by atoms with Gasteiger partial charge in [0.1, 0.15) is 11.8 Å². The van der Waals surface area contributed by atoms with E-state index in [4.69, 9.17) is 13.9 Å². The normalized spacial score (nSPS) is 20.0. The number of aryl methyl sites for hydroxylation is 1. The van der Waals surface area contributed by atoms with Crippen molar-refractivity contribution in [3.8, 4) is 23.0 Å². The van der Waals surface area contributed by atoms with Crippen LogP contribution in [0.25, 0.3) is 11.5 Å². The Morgan fingerprint density at radius 3 is 2.67 bits per heavy atom. The van der Waals surface area contributed by atoms with E-state index in [9.17, 15) is 9.59 Å². The summed E-state index contributed by atoms with van der Waals surface area (Å²) in [6.07, 6.45) is 1.46. The van der Waals surface area contributed by atoms with Gasteiger partial charge in [-0.2, -0.15) is 0 Å². The molecule has 2 aliphatic heterocycles. The molecule has 0 bridgehead atoms. The van der Waals surface area contributed by atoms with Crippen molar-refractivity contribution < 1.29 is 23.5 Å². The highest BCUT2D eigenvalue weighted by Gasteiger charge is 2.49. The second kappa shape index (κ2) is 6.62. The average molecular weight is 405 g/mol. The summed E-state index contributed by atoms with van der Waals surface area (Å²) in [6, 6.07) is 12.5. The maximum absolute atomic E-state index is 13.2. The molecular weight excluding hydrogens is 386 g/mol. The number of fused-ring (bicyclic) bond motifs is 1. The van der Waals surface area contributed by atoms with Gasteiger partial charge >= 0.3 is 6.03 Å². The molecule has 3 heterocycles. The lowest BCUT2D eigenvalue weighted by molar-refractivity contribution is -0.131. The number of nitrogens with zero attached hydrogens (tertiary/aromatic N) is 2. The Bertz CT molecular complexity index is 1150. The minimum atomic E-state index is -1.21. The third kappa shape index (κ3) is 2.88. The maximum atomic E-state index is 13.2. The van der Waals surface area contributed by atoms with E-state index in [1.807, 2.05) is 31.2 Å². The van der Waals surface area contributed by atoms with Crippen molar-refractivity contribution in [1.82, 2.24) is 15.2 Å². The van der Waals surface area contributed by atoms with Gasteiger partial charge in [-0.25, -0.2) is 9.78 Å². The van der Waals surface area contributed by atoms with Crippen LogP contribution in [0.15, 0.2) is 53.1 Å². The SMILES string of the molecule is Cc1ccc(-c2nc(CN3C(=O)N[C@](C)(c4ccc5c(c4)OCO5)C3=O)co2)cc1. The highest BCUT2D eigenvalue weighted by molar-refractivity contribution is 6.07. The molecule has 30 heavy (non-hydrogen) atoms. The first-order valence-corrected chi connectivity index (χ1v) is 9.50. The first-order valence-electron chi connectivity index (χ1n) is 9.50. The molecule has 152 valence electrons. The van der Waals surface area contributed by atoms with Gasteiger partial charge in [0, 0.05) is 5.56 Å². The van der Waals surface area contributed by atoms with Crippen LogP contribution in [0.1, 0.15) is 23.7 Å². The number of nitrogens with one attached hydrogen (secondary N) is 1. The van der Waals surface area contributed by atoms with Crippen LogP contribution < -0.4 is 14.8 Å². The molecule has 5 rings (SSSR count). The molecule has 8 nitrogen and oxygen atoms in total. The van der Waals surface area contributed by atoms with Crippen LogP contribution in [0.3, 0.4) is 0 Å². The van der Waals surface area contributed by atoms with E-state index in [0.717, 1.165) is 16.0 Å². The summed E-state index contributed by atoms with van der Waals surface area (Å²) >= 11 is 0. The Morgan fingerprint density at radius 2 is 1.87 bits per heavy atom. The van der Waals surface area contributed by atoms with E-state index in [-0.39, 0.29) is 19.2 Å². The molecule has 8 heteroatoms. The molecule has 0 saturated carbocycles. The van der Waals surface area contributed by atoms with Crippen molar-refractivity contribution in [1.29, 1.82) is 0 Å². The van der Waals surface area contributed by atoms with Crippen LogP contribution in [0.5, 0.6) is 11.5 Å². The van der Waals surface area contributed by atoms with Crippen molar-refractivity contribution >= 4 is 11.9 Å². The second-order valence-electron chi connectivity index (χ2n) is 7.52. The number of carbonyl (C=O) groups excluding carboxylic acids is 2. The van der Waals surface area contributed by atoms with Crippen LogP contribution in [0.2, 0.25) is 0 Å². The van der Waals surface area contributed by atoms with Crippen LogP contribution in [0, 0.1) is 6.92 Å². The number of aromatic nitrogens is 1. The van der Waals surface area contributed by atoms with E-state index in [0.29, 0.717) is 28.6 Å². The van der Waals surface area contributed by atoms with Gasteiger partial charge in [-0.1, -0.05) is 23.8 Å². The number of urea groups is 1. The highest BCUT2D eigenvalue weighted by Crippen LogP contribution is 2.38. The number of carbonyl (C=O) groups is 2. The molecule has 2 aliphatic rings. The molecule has 3 aromatic rings. The standard InChI is InChI=1S/C22H19N3O5/c1-13-3-5-14(6-4-13)19-23-16(11-28-19)10-25-20(26)22(2,24-21(25)27)15-7-8-17-18(9-15)30-12-29-17/h3-9,11H,10,12H2,1-2H3,(H,24,27)/t22-/m1/s1. The zero-order valence-corrected chi connectivity index (χ0v) is 16.5. The first-order chi connectivity index (χ1) is 14.4. The zero-order valence-electron chi connectivity index (χ0n) is 16.5. The predicted molar refractivity (Wildman–Crippen MR) is 106 cm³/mol. The van der Waals surface area contributed by atoms with Crippen molar-refractivity contribution in [3.05, 3.63) is 65.5 Å². The Labute approximate surface area is 172 Å². The van der Waals surface area contributed by atoms with Crippen molar-refractivity contribution in [2.45, 2.75) is 25.9 Å². The van der Waals surface area contributed by atoms with Crippen molar-refractivity contribution in [2.24, 2.45) is 0 Å². The molecule has 1 aromatic heterocycles. The number of rotatable bonds is 4. The Kier molecular flexibility index (Phi) is 4.02. The molecule has 0 unspecified atom stereocenters. The third-order valence-corrected chi connectivity index (χ3v) is 5.40. The third-order valence-electron chi connectivity index (χ3n) is 5.40. The topological polar surface area (TPSA) is 93.9 Å². The van der Waals surface area contributed by atoms with Crippen LogP contribution in [-0.4, -0.2) is 28.6 Å². The molecule has 1 atom stereocenters. The average Bonchev–Trinajstić information content (AvgIpc) is 3.44. The maximum Gasteiger partial charge on any atom is 0.325 e. The lowest BCUT2D eigenvalue weighted by atomic mass is 9.91. The summed E-state index contributed by atoms with van der Waals surface area (Å²) in [7, 11) is 0. The van der Waals surface area contributed by atoms with Crippen LogP contribution in [-0.2, 0) is 16.9 Å². The van der Waals surface area contributed by atoms with Gasteiger partial charge in [-0.3, -0.25) is 9.69 Å². The molecule has 1 fully saturated rings. The molecular formula is C22H19N3O5. The summed E-state index contributed by atoms with van der Waals surface area (Å²) in [4.78, 5) is 31.3. The fourth-order valence-corrected chi connectivity index (χ4v) is 3.61. The number of imide groups is 1. The second-order valence-corrected chi connectivity index (χ2v) is 7.52.